The van der Waals surface area contributed by atoms with E-state index in [1.165, 1.54) is 11.3 Å². The van der Waals surface area contributed by atoms with Crippen LogP contribution in [0, 0.1) is 0 Å². The Morgan fingerprint density at radius 2 is 1.97 bits per heavy atom. The number of hydrogen-bond donors (Lipinski definition) is 2. The molecule has 9 heteroatoms. The average Bonchev–Trinajstić information content (AvgIpc) is 3.26. The summed E-state index contributed by atoms with van der Waals surface area (Å²) in [6, 6.07) is 11.5. The molecule has 4 aromatic rings. The second kappa shape index (κ2) is 9.40. The molecule has 0 fully saturated rings. The summed E-state index contributed by atoms with van der Waals surface area (Å²) >= 11 is 5.09. The van der Waals surface area contributed by atoms with Crippen molar-refractivity contribution in [2.24, 2.45) is 0 Å². The summed E-state index contributed by atoms with van der Waals surface area (Å²) in [5, 5.41) is 14.3. The van der Waals surface area contributed by atoms with Crippen molar-refractivity contribution in [2.75, 3.05) is 13.7 Å². The molecule has 4 rings (SSSR count). The minimum Gasteiger partial charge on any atom is -0.496 e. The summed E-state index contributed by atoms with van der Waals surface area (Å²) in [4.78, 5) is 27.4. The van der Waals surface area contributed by atoms with E-state index in [4.69, 9.17) is 9.47 Å². The first-order valence-electron chi connectivity index (χ1n) is 10.7. The number of carbonyl (C=O) groups is 1. The number of thiophene rings is 1. The quantitative estimate of drug-likeness (QED) is 0.225. The van der Waals surface area contributed by atoms with Gasteiger partial charge in [0.05, 0.1) is 13.7 Å². The molecule has 2 aromatic carbocycles. The number of ether oxygens (including phenoxy) is 2. The van der Waals surface area contributed by atoms with Gasteiger partial charge in [-0.05, 0) is 62.4 Å². The maximum atomic E-state index is 12.5. The molecule has 0 aliphatic rings. The van der Waals surface area contributed by atoms with Gasteiger partial charge in [-0.15, -0.1) is 11.3 Å². The zero-order valence-corrected chi connectivity index (χ0v) is 21.7. The van der Waals surface area contributed by atoms with Crippen LogP contribution in [0.1, 0.15) is 26.3 Å². The van der Waals surface area contributed by atoms with E-state index in [2.05, 4.69) is 20.9 Å². The van der Waals surface area contributed by atoms with Gasteiger partial charge in [0.25, 0.3) is 5.56 Å². The lowest BCUT2D eigenvalue weighted by atomic mass is 9.96. The van der Waals surface area contributed by atoms with Crippen LogP contribution in [0.25, 0.3) is 32.1 Å². The Hall–Kier alpha value is -2.88. The van der Waals surface area contributed by atoms with E-state index in [1.807, 2.05) is 41.8 Å². The van der Waals surface area contributed by atoms with E-state index >= 15 is 0 Å². The molecular weight excluding hydrogens is 520 g/mol. The van der Waals surface area contributed by atoms with Crippen LogP contribution < -0.4 is 10.3 Å². The van der Waals surface area contributed by atoms with Crippen molar-refractivity contribution in [3.8, 4) is 16.9 Å². The Morgan fingerprint density at radius 3 is 2.65 bits per heavy atom. The Balaban J connectivity index is 1.70. The van der Waals surface area contributed by atoms with E-state index < -0.39 is 11.7 Å². The number of hydroxylamine groups is 2. The Labute approximate surface area is 209 Å². The zero-order valence-electron chi connectivity index (χ0n) is 19.3. The molecule has 34 heavy (non-hydrogen) atoms. The number of H-pyrrole nitrogens is 1. The summed E-state index contributed by atoms with van der Waals surface area (Å²) in [6.45, 7) is 5.33. The first-order valence-corrected chi connectivity index (χ1v) is 12.3. The fourth-order valence-electron chi connectivity index (χ4n) is 3.82. The first kappa shape index (κ1) is 24.3. The van der Waals surface area contributed by atoms with Crippen molar-refractivity contribution in [3.63, 3.8) is 0 Å². The predicted octanol–water partition coefficient (Wildman–Crippen LogP) is 6.35. The number of halogens is 1. The van der Waals surface area contributed by atoms with Gasteiger partial charge in [-0.2, -0.15) is 5.06 Å². The lowest BCUT2D eigenvalue weighted by molar-refractivity contribution is -0.0930. The summed E-state index contributed by atoms with van der Waals surface area (Å²) in [5.74, 6) is 0.687. The Bertz CT molecular complexity index is 1440. The lowest BCUT2D eigenvalue weighted by Gasteiger charge is -2.23. The maximum Gasteiger partial charge on any atom is 0.434 e. The van der Waals surface area contributed by atoms with Crippen LogP contribution in [0.3, 0.4) is 0 Å². The number of aromatic amines is 1. The standard InChI is InChI=1S/C25H25BrN2O5S/c1-25(2,3)33-24(30)28(31)11-9-14-5-6-15(17(26)13-14)21-19(32-4)8-7-18-20(21)16-10-12-34-22(16)23(29)27-18/h5-8,10,12-13,31H,9,11H2,1-4H3,(H,27,29). The fraction of sp³-hybridized carbons (Fsp3) is 0.280. The minimum atomic E-state index is -0.780. The molecule has 0 radical (unpaired) electrons. The molecule has 0 atom stereocenters. The van der Waals surface area contributed by atoms with E-state index in [-0.39, 0.29) is 12.1 Å². The van der Waals surface area contributed by atoms with Gasteiger partial charge in [0.2, 0.25) is 0 Å². The molecule has 0 saturated heterocycles. The van der Waals surface area contributed by atoms with Crippen molar-refractivity contribution in [1.29, 1.82) is 0 Å². The maximum absolute atomic E-state index is 12.5. The monoisotopic (exact) mass is 544 g/mol. The van der Waals surface area contributed by atoms with Gasteiger partial charge in [0, 0.05) is 31.9 Å². The molecule has 0 saturated carbocycles. The highest BCUT2D eigenvalue weighted by Gasteiger charge is 2.21. The van der Waals surface area contributed by atoms with Gasteiger partial charge >= 0.3 is 6.09 Å². The van der Waals surface area contributed by atoms with Crippen LogP contribution >= 0.6 is 27.3 Å². The van der Waals surface area contributed by atoms with E-state index in [0.717, 1.165) is 37.5 Å². The number of rotatable bonds is 5. The summed E-state index contributed by atoms with van der Waals surface area (Å²) < 4.78 is 12.4. The van der Waals surface area contributed by atoms with Crippen LogP contribution in [0.4, 0.5) is 4.79 Å². The Kier molecular flexibility index (Phi) is 6.71. The average molecular weight is 545 g/mol. The largest absolute Gasteiger partial charge is 0.496 e. The SMILES string of the molecule is COc1ccc2[nH]c(=O)c3sccc3c2c1-c1ccc(CCN(O)C(=O)OC(C)(C)C)cc1Br. The highest BCUT2D eigenvalue weighted by Crippen LogP contribution is 2.43. The van der Waals surface area contributed by atoms with E-state index in [0.29, 0.717) is 21.9 Å². The van der Waals surface area contributed by atoms with Crippen LogP contribution in [0.15, 0.2) is 51.0 Å². The minimum absolute atomic E-state index is 0.0923. The zero-order chi connectivity index (χ0) is 24.6. The van der Waals surface area contributed by atoms with Crippen LogP contribution in [-0.4, -0.2) is 40.6 Å². The molecule has 2 N–H and O–H groups in total. The molecule has 178 valence electrons. The third-order valence-corrected chi connectivity index (χ3v) is 6.86. The van der Waals surface area contributed by atoms with Crippen molar-refractivity contribution in [2.45, 2.75) is 32.8 Å². The van der Waals surface area contributed by atoms with Gasteiger partial charge in [-0.25, -0.2) is 4.79 Å². The van der Waals surface area contributed by atoms with Gasteiger partial charge < -0.3 is 14.5 Å². The van der Waals surface area contributed by atoms with E-state index in [9.17, 15) is 14.8 Å². The number of aromatic nitrogens is 1. The molecule has 7 nitrogen and oxygen atoms in total. The van der Waals surface area contributed by atoms with Crippen LogP contribution in [0.2, 0.25) is 0 Å². The van der Waals surface area contributed by atoms with Crippen molar-refractivity contribution in [1.82, 2.24) is 10.0 Å². The third-order valence-electron chi connectivity index (χ3n) is 5.30. The highest BCUT2D eigenvalue weighted by molar-refractivity contribution is 9.10. The number of hydrogen-bond acceptors (Lipinski definition) is 6. The van der Waals surface area contributed by atoms with Crippen molar-refractivity contribution < 1.29 is 19.5 Å². The molecule has 0 spiro atoms. The molecule has 0 unspecified atom stereocenters. The second-order valence-electron chi connectivity index (χ2n) is 8.85. The van der Waals surface area contributed by atoms with Gasteiger partial charge in [0.15, 0.2) is 0 Å². The number of nitrogens with zero attached hydrogens (tertiary/aromatic N) is 1. The Morgan fingerprint density at radius 1 is 1.21 bits per heavy atom. The van der Waals surface area contributed by atoms with Crippen LogP contribution in [0.5, 0.6) is 5.75 Å². The van der Waals surface area contributed by atoms with Gasteiger partial charge in [-0.1, -0.05) is 28.1 Å². The summed E-state index contributed by atoms with van der Waals surface area (Å²) in [5.41, 5.74) is 2.64. The van der Waals surface area contributed by atoms with Gasteiger partial charge in [0.1, 0.15) is 16.1 Å². The molecule has 0 bridgehead atoms. The number of methoxy groups -OCH3 is 1. The van der Waals surface area contributed by atoms with Crippen molar-refractivity contribution >= 4 is 54.3 Å². The molecule has 0 aliphatic carbocycles. The number of nitrogens with one attached hydrogen (secondary N) is 1. The molecule has 1 amide bonds. The molecule has 2 aromatic heterocycles. The van der Waals surface area contributed by atoms with Gasteiger partial charge in [-0.3, -0.25) is 10.0 Å². The van der Waals surface area contributed by atoms with E-state index in [1.54, 1.807) is 27.9 Å². The first-order chi connectivity index (χ1) is 16.1. The molecule has 0 aliphatic heterocycles. The topological polar surface area (TPSA) is 91.9 Å². The number of carbonyl (C=O) groups excluding carboxylic acids is 1. The number of amides is 1. The number of benzene rings is 2. The normalized spacial score (nSPS) is 11.7. The van der Waals surface area contributed by atoms with Crippen LogP contribution in [-0.2, 0) is 11.2 Å². The van der Waals surface area contributed by atoms with Crippen molar-refractivity contribution in [3.05, 3.63) is 62.2 Å². The second-order valence-corrected chi connectivity index (χ2v) is 10.6. The highest BCUT2D eigenvalue weighted by atomic mass is 79.9. The third kappa shape index (κ3) is 4.82. The molecule has 2 heterocycles. The lowest BCUT2D eigenvalue weighted by Crippen LogP contribution is -2.35. The number of fused-ring (bicyclic) bond motifs is 3. The summed E-state index contributed by atoms with van der Waals surface area (Å²) in [7, 11) is 1.62. The smallest absolute Gasteiger partial charge is 0.434 e. The molecular formula is C25H25BrN2O5S. The predicted molar refractivity (Wildman–Crippen MR) is 138 cm³/mol. The number of pyridine rings is 1. The fourth-order valence-corrected chi connectivity index (χ4v) is 5.24. The summed E-state index contributed by atoms with van der Waals surface area (Å²) in [6.07, 6.45) is -0.346.